The number of rotatable bonds is 1. The Bertz CT molecular complexity index is 234. The van der Waals surface area contributed by atoms with Crippen LogP contribution in [-0.4, -0.2) is 23.9 Å². The largest absolute Gasteiger partial charge is 0.372 e. The number of aromatic nitrogens is 2. The van der Waals surface area contributed by atoms with E-state index in [9.17, 15) is 0 Å². The minimum absolute atomic E-state index is 0.444. The third kappa shape index (κ3) is 2.13. The zero-order chi connectivity index (χ0) is 7.23. The molecule has 0 unspecified atom stereocenters. The summed E-state index contributed by atoms with van der Waals surface area (Å²) in [4.78, 5) is 0. The van der Waals surface area contributed by atoms with Gasteiger partial charge in [-0.05, 0) is 5.92 Å². The highest BCUT2D eigenvalue weighted by Crippen LogP contribution is 1.96. The van der Waals surface area contributed by atoms with Crippen molar-refractivity contribution >= 4 is 11.3 Å². The lowest BCUT2D eigenvalue weighted by molar-refractivity contribution is 0.240. The molecule has 1 heterocycles. The van der Waals surface area contributed by atoms with Crippen LogP contribution in [0.4, 0.5) is 0 Å². The molecule has 10 heavy (non-hydrogen) atoms. The van der Waals surface area contributed by atoms with Crippen LogP contribution in [0.2, 0.25) is 0 Å². The Hall–Kier alpha value is -0.920. The van der Waals surface area contributed by atoms with E-state index < -0.39 is 0 Å². The van der Waals surface area contributed by atoms with Crippen LogP contribution in [-0.2, 0) is 4.74 Å². The van der Waals surface area contributed by atoms with Gasteiger partial charge in [-0.25, -0.2) is 0 Å². The average molecular weight is 154 g/mol. The summed E-state index contributed by atoms with van der Waals surface area (Å²) in [6.45, 7) is 0.444. The number of hydrogen-bond acceptors (Lipinski definition) is 4. The summed E-state index contributed by atoms with van der Waals surface area (Å²) in [5, 5.41) is 8.09. The molecule has 1 aromatic heterocycles. The maximum Gasteiger partial charge on any atom is 0.190 e. The molecule has 0 atom stereocenters. The van der Waals surface area contributed by atoms with E-state index >= 15 is 0 Å². The van der Waals surface area contributed by atoms with Crippen molar-refractivity contribution in [3.05, 3.63) is 10.5 Å². The highest BCUT2D eigenvalue weighted by molar-refractivity contribution is 7.09. The van der Waals surface area contributed by atoms with Crippen molar-refractivity contribution in [2.24, 2.45) is 0 Å². The zero-order valence-corrected chi connectivity index (χ0v) is 6.31. The SMILES string of the molecule is COCC#Cc1nncs1. The maximum absolute atomic E-state index is 4.72. The highest BCUT2D eigenvalue weighted by atomic mass is 32.1. The molecule has 4 heteroatoms. The van der Waals surface area contributed by atoms with Crippen LogP contribution in [0.5, 0.6) is 0 Å². The zero-order valence-electron chi connectivity index (χ0n) is 5.50. The van der Waals surface area contributed by atoms with Crippen molar-refractivity contribution in [2.75, 3.05) is 13.7 Å². The van der Waals surface area contributed by atoms with Gasteiger partial charge in [-0.1, -0.05) is 17.3 Å². The van der Waals surface area contributed by atoms with E-state index in [1.165, 1.54) is 11.3 Å². The fraction of sp³-hybridized carbons (Fsp3) is 0.333. The molecule has 1 aromatic rings. The fourth-order valence-electron chi connectivity index (χ4n) is 0.411. The van der Waals surface area contributed by atoms with E-state index in [0.717, 1.165) is 5.01 Å². The van der Waals surface area contributed by atoms with Crippen molar-refractivity contribution < 1.29 is 4.74 Å². The van der Waals surface area contributed by atoms with Gasteiger partial charge in [0.25, 0.3) is 0 Å². The lowest BCUT2D eigenvalue weighted by Crippen LogP contribution is -1.81. The minimum atomic E-state index is 0.444. The van der Waals surface area contributed by atoms with Crippen molar-refractivity contribution in [3.63, 3.8) is 0 Å². The van der Waals surface area contributed by atoms with E-state index in [1.54, 1.807) is 12.6 Å². The molecule has 0 fully saturated rings. The van der Waals surface area contributed by atoms with Gasteiger partial charge in [-0.3, -0.25) is 0 Å². The van der Waals surface area contributed by atoms with Gasteiger partial charge >= 0.3 is 0 Å². The molecular formula is C6H6N2OS. The van der Waals surface area contributed by atoms with Crippen molar-refractivity contribution in [1.29, 1.82) is 0 Å². The van der Waals surface area contributed by atoms with E-state index in [4.69, 9.17) is 4.74 Å². The molecule has 0 spiro atoms. The average Bonchev–Trinajstić information content (AvgIpc) is 2.41. The predicted octanol–water partition coefficient (Wildman–Crippen LogP) is 0.536. The second-order valence-electron chi connectivity index (χ2n) is 1.48. The Labute approximate surface area is 63.1 Å². The van der Waals surface area contributed by atoms with Crippen LogP contribution in [0.1, 0.15) is 5.01 Å². The smallest absolute Gasteiger partial charge is 0.190 e. The summed E-state index contributed by atoms with van der Waals surface area (Å²) in [5.41, 5.74) is 1.65. The first-order valence-electron chi connectivity index (χ1n) is 2.67. The van der Waals surface area contributed by atoms with Crippen LogP contribution < -0.4 is 0 Å². The Balaban J connectivity index is 2.49. The summed E-state index contributed by atoms with van der Waals surface area (Å²) in [7, 11) is 1.61. The van der Waals surface area contributed by atoms with Gasteiger partial charge < -0.3 is 4.74 Å². The Morgan fingerprint density at radius 3 is 3.30 bits per heavy atom. The Morgan fingerprint density at radius 1 is 1.80 bits per heavy atom. The maximum atomic E-state index is 4.72. The highest BCUT2D eigenvalue weighted by Gasteiger charge is 1.85. The molecule has 0 saturated carbocycles. The number of nitrogens with zero attached hydrogens (tertiary/aromatic N) is 2. The van der Waals surface area contributed by atoms with E-state index in [1.807, 2.05) is 0 Å². The summed E-state index contributed by atoms with van der Waals surface area (Å²) < 4.78 is 4.72. The van der Waals surface area contributed by atoms with Crippen molar-refractivity contribution in [1.82, 2.24) is 10.2 Å². The lowest BCUT2D eigenvalue weighted by atomic mass is 10.6. The molecule has 52 valence electrons. The van der Waals surface area contributed by atoms with Gasteiger partial charge in [0.05, 0.1) is 0 Å². The normalized spacial score (nSPS) is 8.50. The molecule has 0 aliphatic carbocycles. The summed E-state index contributed by atoms with van der Waals surface area (Å²) in [6, 6.07) is 0. The first kappa shape index (κ1) is 7.19. The van der Waals surface area contributed by atoms with Gasteiger partial charge in [0.15, 0.2) is 5.01 Å². The Morgan fingerprint density at radius 2 is 2.70 bits per heavy atom. The van der Waals surface area contributed by atoms with Gasteiger partial charge in [0.1, 0.15) is 12.1 Å². The van der Waals surface area contributed by atoms with Crippen LogP contribution in [0.25, 0.3) is 0 Å². The monoisotopic (exact) mass is 154 g/mol. The molecule has 3 nitrogen and oxygen atoms in total. The molecule has 0 saturated heterocycles. The number of methoxy groups -OCH3 is 1. The number of ether oxygens (including phenoxy) is 1. The standard InChI is InChI=1S/C6H6N2OS/c1-9-4-2-3-6-8-7-5-10-6/h5H,4H2,1H3. The lowest BCUT2D eigenvalue weighted by Gasteiger charge is -1.79. The van der Waals surface area contributed by atoms with Crippen LogP contribution in [0.3, 0.4) is 0 Å². The summed E-state index contributed by atoms with van der Waals surface area (Å²) >= 11 is 1.42. The number of hydrogen-bond donors (Lipinski definition) is 0. The molecule has 1 rings (SSSR count). The topological polar surface area (TPSA) is 35.0 Å². The van der Waals surface area contributed by atoms with Crippen molar-refractivity contribution in [3.8, 4) is 11.8 Å². The fourth-order valence-corrected chi connectivity index (χ4v) is 0.831. The molecule has 0 aromatic carbocycles. The van der Waals surface area contributed by atoms with Gasteiger partial charge in [-0.15, -0.1) is 10.2 Å². The molecule has 0 radical (unpaired) electrons. The van der Waals surface area contributed by atoms with Gasteiger partial charge in [0, 0.05) is 7.11 Å². The molecule has 0 N–H and O–H groups in total. The van der Waals surface area contributed by atoms with E-state index in [0.29, 0.717) is 6.61 Å². The van der Waals surface area contributed by atoms with E-state index in [2.05, 4.69) is 22.0 Å². The molecule has 0 bridgehead atoms. The first-order valence-corrected chi connectivity index (χ1v) is 3.55. The molecular weight excluding hydrogens is 148 g/mol. The third-order valence-corrected chi connectivity index (χ3v) is 1.38. The second kappa shape index (κ2) is 3.99. The molecule has 0 amide bonds. The van der Waals surface area contributed by atoms with Gasteiger partial charge in [-0.2, -0.15) is 0 Å². The predicted molar refractivity (Wildman–Crippen MR) is 38.7 cm³/mol. The molecule has 0 aliphatic heterocycles. The quantitative estimate of drug-likeness (QED) is 0.554. The minimum Gasteiger partial charge on any atom is -0.372 e. The van der Waals surface area contributed by atoms with Gasteiger partial charge in [0.2, 0.25) is 0 Å². The first-order chi connectivity index (χ1) is 4.93. The van der Waals surface area contributed by atoms with Crippen molar-refractivity contribution in [2.45, 2.75) is 0 Å². The van der Waals surface area contributed by atoms with Crippen LogP contribution in [0.15, 0.2) is 5.51 Å². The van der Waals surface area contributed by atoms with Crippen LogP contribution >= 0.6 is 11.3 Å². The van der Waals surface area contributed by atoms with Crippen LogP contribution in [0, 0.1) is 11.8 Å². The second-order valence-corrected chi connectivity index (χ2v) is 2.31. The Kier molecular flexibility index (Phi) is 2.87. The summed E-state index contributed by atoms with van der Waals surface area (Å²) in [6.07, 6.45) is 0. The molecule has 0 aliphatic rings. The summed E-state index contributed by atoms with van der Waals surface area (Å²) in [5.74, 6) is 5.57. The third-order valence-electron chi connectivity index (χ3n) is 0.772. The van der Waals surface area contributed by atoms with E-state index in [-0.39, 0.29) is 0 Å².